The SMILES string of the molecule is NCc1cccc(-c2cnc(NCCc3ccccc3)c(=O)n2CC(=O)O)c1. The van der Waals surface area contributed by atoms with Gasteiger partial charge in [-0.05, 0) is 23.6 Å². The summed E-state index contributed by atoms with van der Waals surface area (Å²) in [5, 5.41) is 12.3. The largest absolute Gasteiger partial charge is 0.480 e. The Labute approximate surface area is 162 Å². The molecular formula is C21H22N4O3. The Hall–Kier alpha value is -3.45. The minimum atomic E-state index is -1.10. The van der Waals surface area contributed by atoms with Gasteiger partial charge in [-0.2, -0.15) is 0 Å². The van der Waals surface area contributed by atoms with Gasteiger partial charge in [-0.1, -0.05) is 48.5 Å². The zero-order chi connectivity index (χ0) is 19.9. The Morgan fingerprint density at radius 1 is 1.11 bits per heavy atom. The topological polar surface area (TPSA) is 110 Å². The highest BCUT2D eigenvalue weighted by atomic mass is 16.4. The molecule has 0 saturated carbocycles. The van der Waals surface area contributed by atoms with Gasteiger partial charge in [0.2, 0.25) is 0 Å². The molecule has 3 aromatic rings. The molecule has 7 nitrogen and oxygen atoms in total. The van der Waals surface area contributed by atoms with Gasteiger partial charge in [0, 0.05) is 18.7 Å². The first-order valence-electron chi connectivity index (χ1n) is 8.97. The molecule has 3 rings (SSSR count). The molecule has 0 aliphatic rings. The van der Waals surface area contributed by atoms with Gasteiger partial charge >= 0.3 is 5.97 Å². The summed E-state index contributed by atoms with van der Waals surface area (Å²) in [5.41, 5.74) is 8.38. The highest BCUT2D eigenvalue weighted by Gasteiger charge is 2.14. The number of anilines is 1. The first kappa shape index (κ1) is 19.3. The van der Waals surface area contributed by atoms with Crippen LogP contribution in [0.25, 0.3) is 11.3 Å². The van der Waals surface area contributed by atoms with Crippen LogP contribution in [0.2, 0.25) is 0 Å². The number of nitrogens with zero attached hydrogens (tertiary/aromatic N) is 2. The fourth-order valence-corrected chi connectivity index (χ4v) is 2.96. The summed E-state index contributed by atoms with van der Waals surface area (Å²) in [6.07, 6.45) is 2.24. The van der Waals surface area contributed by atoms with Crippen LogP contribution in [0.15, 0.2) is 65.6 Å². The molecule has 2 aromatic carbocycles. The number of hydrogen-bond donors (Lipinski definition) is 3. The molecule has 7 heteroatoms. The Balaban J connectivity index is 1.89. The van der Waals surface area contributed by atoms with E-state index >= 15 is 0 Å². The van der Waals surface area contributed by atoms with Crippen LogP contribution in [0, 0.1) is 0 Å². The van der Waals surface area contributed by atoms with E-state index in [0.717, 1.165) is 17.5 Å². The third-order valence-corrected chi connectivity index (χ3v) is 4.36. The molecular weight excluding hydrogens is 356 g/mol. The van der Waals surface area contributed by atoms with Gasteiger partial charge in [0.25, 0.3) is 5.56 Å². The van der Waals surface area contributed by atoms with Crippen molar-refractivity contribution in [2.24, 2.45) is 5.73 Å². The smallest absolute Gasteiger partial charge is 0.323 e. The molecule has 0 amide bonds. The summed E-state index contributed by atoms with van der Waals surface area (Å²) in [7, 11) is 0. The van der Waals surface area contributed by atoms with E-state index in [1.54, 1.807) is 6.07 Å². The number of rotatable bonds is 8. The average molecular weight is 378 g/mol. The maximum Gasteiger partial charge on any atom is 0.323 e. The number of nitrogens with two attached hydrogens (primary N) is 1. The lowest BCUT2D eigenvalue weighted by Gasteiger charge is -2.14. The van der Waals surface area contributed by atoms with Crippen molar-refractivity contribution in [1.82, 2.24) is 9.55 Å². The molecule has 0 unspecified atom stereocenters. The molecule has 0 aliphatic carbocycles. The van der Waals surface area contributed by atoms with Gasteiger partial charge < -0.3 is 16.2 Å². The molecule has 0 fully saturated rings. The Morgan fingerprint density at radius 2 is 1.86 bits per heavy atom. The van der Waals surface area contributed by atoms with Gasteiger partial charge in [-0.3, -0.25) is 14.2 Å². The quantitative estimate of drug-likeness (QED) is 0.554. The molecule has 144 valence electrons. The van der Waals surface area contributed by atoms with Gasteiger partial charge in [0.15, 0.2) is 5.82 Å². The zero-order valence-corrected chi connectivity index (χ0v) is 15.3. The monoisotopic (exact) mass is 378 g/mol. The molecule has 0 saturated heterocycles. The van der Waals surface area contributed by atoms with Crippen molar-refractivity contribution in [2.75, 3.05) is 11.9 Å². The number of carboxylic acid groups (broad SMARTS) is 1. The molecule has 4 N–H and O–H groups in total. The van der Waals surface area contributed by atoms with E-state index in [9.17, 15) is 14.7 Å². The van der Waals surface area contributed by atoms with Crippen LogP contribution in [0.3, 0.4) is 0 Å². The Bertz CT molecular complexity index is 1020. The van der Waals surface area contributed by atoms with Crippen molar-refractivity contribution in [2.45, 2.75) is 19.5 Å². The normalized spacial score (nSPS) is 10.6. The van der Waals surface area contributed by atoms with Crippen LogP contribution in [-0.4, -0.2) is 27.2 Å². The van der Waals surface area contributed by atoms with E-state index in [1.807, 2.05) is 48.5 Å². The van der Waals surface area contributed by atoms with Gasteiger partial charge in [0.1, 0.15) is 6.54 Å². The van der Waals surface area contributed by atoms with Crippen LogP contribution >= 0.6 is 0 Å². The minimum absolute atomic E-state index is 0.135. The van der Waals surface area contributed by atoms with Crippen LogP contribution < -0.4 is 16.6 Å². The maximum atomic E-state index is 12.8. The van der Waals surface area contributed by atoms with Crippen LogP contribution in [0.4, 0.5) is 5.82 Å². The molecule has 0 spiro atoms. The lowest BCUT2D eigenvalue weighted by molar-refractivity contribution is -0.137. The molecule has 0 radical (unpaired) electrons. The molecule has 0 bridgehead atoms. The van der Waals surface area contributed by atoms with Crippen molar-refractivity contribution in [1.29, 1.82) is 0 Å². The summed E-state index contributed by atoms with van der Waals surface area (Å²) in [5.74, 6) is -0.962. The first-order valence-corrected chi connectivity index (χ1v) is 8.97. The van der Waals surface area contributed by atoms with E-state index in [4.69, 9.17) is 5.73 Å². The zero-order valence-electron chi connectivity index (χ0n) is 15.3. The molecule has 0 atom stereocenters. The Kier molecular flexibility index (Phi) is 6.18. The van der Waals surface area contributed by atoms with Gasteiger partial charge in [-0.15, -0.1) is 0 Å². The van der Waals surface area contributed by atoms with Crippen molar-refractivity contribution < 1.29 is 9.90 Å². The fraction of sp³-hybridized carbons (Fsp3) is 0.190. The van der Waals surface area contributed by atoms with Crippen LogP contribution in [0.1, 0.15) is 11.1 Å². The highest BCUT2D eigenvalue weighted by Crippen LogP contribution is 2.19. The Morgan fingerprint density at radius 3 is 2.57 bits per heavy atom. The second-order valence-corrected chi connectivity index (χ2v) is 6.34. The van der Waals surface area contributed by atoms with Gasteiger partial charge in [-0.25, -0.2) is 4.98 Å². The van der Waals surface area contributed by atoms with E-state index in [-0.39, 0.29) is 5.82 Å². The molecule has 0 aliphatic heterocycles. The minimum Gasteiger partial charge on any atom is -0.480 e. The number of carboxylic acids is 1. The second-order valence-electron chi connectivity index (χ2n) is 6.34. The first-order chi connectivity index (χ1) is 13.6. The third kappa shape index (κ3) is 4.63. The predicted molar refractivity (Wildman–Crippen MR) is 108 cm³/mol. The van der Waals surface area contributed by atoms with E-state index < -0.39 is 18.1 Å². The number of benzene rings is 2. The maximum absolute atomic E-state index is 12.8. The van der Waals surface area contributed by atoms with Crippen molar-refractivity contribution >= 4 is 11.8 Å². The lowest BCUT2D eigenvalue weighted by Crippen LogP contribution is -2.29. The summed E-state index contributed by atoms with van der Waals surface area (Å²) >= 11 is 0. The summed E-state index contributed by atoms with van der Waals surface area (Å²) in [6.45, 7) is 0.418. The van der Waals surface area contributed by atoms with Gasteiger partial charge in [0.05, 0.1) is 11.9 Å². The number of aliphatic carboxylic acids is 1. The molecule has 1 aromatic heterocycles. The molecule has 1 heterocycles. The molecule has 28 heavy (non-hydrogen) atoms. The number of aromatic nitrogens is 2. The van der Waals surface area contributed by atoms with E-state index in [1.165, 1.54) is 10.8 Å². The highest BCUT2D eigenvalue weighted by molar-refractivity contribution is 5.69. The summed E-state index contributed by atoms with van der Waals surface area (Å²) in [4.78, 5) is 28.4. The lowest BCUT2D eigenvalue weighted by atomic mass is 10.1. The van der Waals surface area contributed by atoms with Crippen LogP contribution in [-0.2, 0) is 24.3 Å². The van der Waals surface area contributed by atoms with Crippen molar-refractivity contribution in [3.63, 3.8) is 0 Å². The van der Waals surface area contributed by atoms with E-state index in [2.05, 4.69) is 10.3 Å². The standard InChI is InChI=1S/C21H22N4O3/c22-12-16-7-4-8-17(11-16)18-13-24-20(21(28)25(18)14-19(26)27)23-10-9-15-5-2-1-3-6-15/h1-8,11,13H,9-10,12,14,22H2,(H,23,24)(H,26,27). The van der Waals surface area contributed by atoms with E-state index in [0.29, 0.717) is 24.3 Å². The number of carbonyl (C=O) groups is 1. The summed E-state index contributed by atoms with van der Waals surface area (Å²) < 4.78 is 1.22. The fourth-order valence-electron chi connectivity index (χ4n) is 2.96. The van der Waals surface area contributed by atoms with Crippen LogP contribution in [0.5, 0.6) is 0 Å². The van der Waals surface area contributed by atoms with Crippen molar-refractivity contribution in [3.05, 3.63) is 82.3 Å². The predicted octanol–water partition coefficient (Wildman–Crippen LogP) is 2.11. The second kappa shape index (κ2) is 8.96. The van der Waals surface area contributed by atoms with Crippen molar-refractivity contribution in [3.8, 4) is 11.3 Å². The average Bonchev–Trinajstić information content (AvgIpc) is 2.71. The number of hydrogen-bond acceptors (Lipinski definition) is 5. The third-order valence-electron chi connectivity index (χ3n) is 4.36. The summed E-state index contributed by atoms with van der Waals surface area (Å²) in [6, 6.07) is 17.2. The number of nitrogens with one attached hydrogen (secondary N) is 1.